The van der Waals surface area contributed by atoms with Crippen LogP contribution in [0.5, 0.6) is 5.75 Å². The van der Waals surface area contributed by atoms with Crippen LogP contribution in [0.4, 0.5) is 10.1 Å². The molecule has 1 amide bonds. The Morgan fingerprint density at radius 2 is 1.96 bits per heavy atom. The highest BCUT2D eigenvalue weighted by Crippen LogP contribution is 2.31. The van der Waals surface area contributed by atoms with Crippen molar-refractivity contribution in [3.05, 3.63) is 65.0 Å². The van der Waals surface area contributed by atoms with Crippen LogP contribution in [0, 0.1) is 11.2 Å². The molecule has 2 aromatic carbocycles. The fourth-order valence-corrected chi connectivity index (χ4v) is 2.92. The first-order valence-corrected chi connectivity index (χ1v) is 8.79. The molecule has 3 rings (SSSR count). The number of amides is 1. The summed E-state index contributed by atoms with van der Waals surface area (Å²) in [6.07, 6.45) is 6.31. The first kappa shape index (κ1) is 18.6. The zero-order valence-electron chi connectivity index (χ0n) is 15.1. The zero-order valence-corrected chi connectivity index (χ0v) is 15.1. The van der Waals surface area contributed by atoms with E-state index in [1.54, 1.807) is 36.4 Å². The molecule has 2 aromatic rings. The molecule has 0 spiro atoms. The second kappa shape index (κ2) is 8.03. The Morgan fingerprint density at radius 3 is 2.56 bits per heavy atom. The molecule has 1 aliphatic rings. The molecule has 0 bridgehead atoms. The Hall–Kier alpha value is -3.15. The van der Waals surface area contributed by atoms with Gasteiger partial charge in [-0.05, 0) is 55.2 Å². The standard InChI is InChI=1S/C21H22FN3O2/c1-27-20-16(21(26)25-15-3-2-4-15)10-12-18(24)19(20)17(23)11-7-13-5-8-14(22)9-6-13/h5-12,15,23H,2-4,24H2,1H3,(H,25,26)/b11-7+,23-17?. The quantitative estimate of drug-likeness (QED) is 0.536. The van der Waals surface area contributed by atoms with E-state index in [-0.39, 0.29) is 29.2 Å². The molecule has 0 saturated heterocycles. The Labute approximate surface area is 157 Å². The van der Waals surface area contributed by atoms with E-state index in [0.717, 1.165) is 24.8 Å². The van der Waals surface area contributed by atoms with Gasteiger partial charge in [-0.25, -0.2) is 4.39 Å². The van der Waals surface area contributed by atoms with Crippen LogP contribution in [0.3, 0.4) is 0 Å². The third-order valence-corrected chi connectivity index (χ3v) is 4.66. The SMILES string of the molecule is COc1c(C(=O)NC2CCC2)ccc(N)c1C(=N)/C=C/c1ccc(F)cc1. The average Bonchev–Trinajstić information content (AvgIpc) is 2.63. The number of methoxy groups -OCH3 is 1. The summed E-state index contributed by atoms with van der Waals surface area (Å²) in [5, 5.41) is 11.4. The van der Waals surface area contributed by atoms with Crippen molar-refractivity contribution in [3.8, 4) is 5.75 Å². The number of nitrogens with one attached hydrogen (secondary N) is 2. The van der Waals surface area contributed by atoms with E-state index in [1.807, 2.05) is 0 Å². The van der Waals surface area contributed by atoms with E-state index in [4.69, 9.17) is 15.9 Å². The number of halogens is 1. The van der Waals surface area contributed by atoms with Gasteiger partial charge >= 0.3 is 0 Å². The minimum absolute atomic E-state index is 0.104. The molecule has 1 fully saturated rings. The second-order valence-corrected chi connectivity index (χ2v) is 6.51. The summed E-state index contributed by atoms with van der Waals surface area (Å²) in [5.41, 5.74) is 7.97. The highest BCUT2D eigenvalue weighted by Gasteiger charge is 2.24. The Bertz CT molecular complexity index is 887. The Kier molecular flexibility index (Phi) is 5.54. The van der Waals surface area contributed by atoms with Crippen LogP contribution in [0.15, 0.2) is 42.5 Å². The summed E-state index contributed by atoms with van der Waals surface area (Å²) in [4.78, 5) is 12.6. The lowest BCUT2D eigenvalue weighted by Gasteiger charge is -2.27. The Morgan fingerprint density at radius 1 is 1.26 bits per heavy atom. The summed E-state index contributed by atoms with van der Waals surface area (Å²) < 4.78 is 18.4. The van der Waals surface area contributed by atoms with Gasteiger partial charge in [0.05, 0.1) is 23.9 Å². The number of anilines is 1. The maximum absolute atomic E-state index is 13.0. The van der Waals surface area contributed by atoms with Crippen molar-refractivity contribution in [2.45, 2.75) is 25.3 Å². The molecule has 4 N–H and O–H groups in total. The highest BCUT2D eigenvalue weighted by molar-refractivity contribution is 6.15. The molecular formula is C21H22FN3O2. The van der Waals surface area contributed by atoms with Crippen molar-refractivity contribution in [1.82, 2.24) is 5.32 Å². The number of benzene rings is 2. The summed E-state index contributed by atoms with van der Waals surface area (Å²) in [6.45, 7) is 0. The molecule has 6 heteroatoms. The number of carbonyl (C=O) groups is 1. The number of rotatable bonds is 6. The number of nitrogens with two attached hydrogens (primary N) is 1. The zero-order chi connectivity index (χ0) is 19.4. The molecule has 0 atom stereocenters. The van der Waals surface area contributed by atoms with Gasteiger partial charge in [-0.3, -0.25) is 4.79 Å². The van der Waals surface area contributed by atoms with Crippen LogP contribution in [-0.4, -0.2) is 24.8 Å². The summed E-state index contributed by atoms with van der Waals surface area (Å²) in [5.74, 6) is -0.271. The van der Waals surface area contributed by atoms with Crippen molar-refractivity contribution in [2.24, 2.45) is 0 Å². The van der Waals surface area contributed by atoms with Crippen molar-refractivity contribution in [2.75, 3.05) is 12.8 Å². The maximum atomic E-state index is 13.0. The molecule has 0 aromatic heterocycles. The van der Waals surface area contributed by atoms with E-state index in [9.17, 15) is 9.18 Å². The van der Waals surface area contributed by atoms with Gasteiger partial charge in [0.1, 0.15) is 11.6 Å². The fraction of sp³-hybridized carbons (Fsp3) is 0.238. The van der Waals surface area contributed by atoms with Crippen LogP contribution in [0.1, 0.15) is 40.7 Å². The maximum Gasteiger partial charge on any atom is 0.255 e. The number of carbonyl (C=O) groups excluding carboxylic acids is 1. The summed E-state index contributed by atoms with van der Waals surface area (Å²) in [6, 6.07) is 9.34. The van der Waals surface area contributed by atoms with E-state index in [0.29, 0.717) is 16.8 Å². The topological polar surface area (TPSA) is 88.2 Å². The van der Waals surface area contributed by atoms with Crippen LogP contribution >= 0.6 is 0 Å². The van der Waals surface area contributed by atoms with Gasteiger partial charge in [0.15, 0.2) is 0 Å². The molecular weight excluding hydrogens is 345 g/mol. The van der Waals surface area contributed by atoms with Crippen LogP contribution in [-0.2, 0) is 0 Å². The third kappa shape index (κ3) is 4.16. The normalized spacial score (nSPS) is 14.0. The molecule has 0 aliphatic heterocycles. The first-order chi connectivity index (χ1) is 13.0. The lowest BCUT2D eigenvalue weighted by atomic mass is 9.92. The predicted molar refractivity (Wildman–Crippen MR) is 105 cm³/mol. The predicted octanol–water partition coefficient (Wildman–Crippen LogP) is 3.78. The molecule has 1 saturated carbocycles. The van der Waals surface area contributed by atoms with Gasteiger partial charge in [0, 0.05) is 11.7 Å². The van der Waals surface area contributed by atoms with Gasteiger partial charge in [-0.1, -0.05) is 18.2 Å². The summed E-state index contributed by atoms with van der Waals surface area (Å²) >= 11 is 0. The lowest BCUT2D eigenvalue weighted by molar-refractivity contribution is 0.0914. The van der Waals surface area contributed by atoms with Gasteiger partial charge in [-0.2, -0.15) is 0 Å². The van der Waals surface area contributed by atoms with E-state index < -0.39 is 0 Å². The number of hydrogen-bond acceptors (Lipinski definition) is 4. The van der Waals surface area contributed by atoms with Crippen molar-refractivity contribution in [1.29, 1.82) is 5.41 Å². The van der Waals surface area contributed by atoms with Gasteiger partial charge in [-0.15, -0.1) is 0 Å². The van der Waals surface area contributed by atoms with E-state index in [2.05, 4.69) is 5.32 Å². The second-order valence-electron chi connectivity index (χ2n) is 6.51. The highest BCUT2D eigenvalue weighted by atomic mass is 19.1. The fourth-order valence-electron chi connectivity index (χ4n) is 2.92. The van der Waals surface area contributed by atoms with Crippen molar-refractivity contribution in [3.63, 3.8) is 0 Å². The number of hydrogen-bond donors (Lipinski definition) is 3. The summed E-state index contributed by atoms with van der Waals surface area (Å²) in [7, 11) is 1.45. The number of allylic oxidation sites excluding steroid dienone is 1. The molecule has 1 aliphatic carbocycles. The van der Waals surface area contributed by atoms with Gasteiger partial charge in [0.25, 0.3) is 5.91 Å². The largest absolute Gasteiger partial charge is 0.495 e. The third-order valence-electron chi connectivity index (χ3n) is 4.66. The van der Waals surface area contributed by atoms with Gasteiger partial charge in [0.2, 0.25) is 0 Å². The monoisotopic (exact) mass is 367 g/mol. The van der Waals surface area contributed by atoms with Crippen LogP contribution < -0.4 is 15.8 Å². The van der Waals surface area contributed by atoms with Crippen LogP contribution in [0.2, 0.25) is 0 Å². The average molecular weight is 367 g/mol. The smallest absolute Gasteiger partial charge is 0.255 e. The minimum atomic E-state index is -0.321. The van der Waals surface area contributed by atoms with E-state index in [1.165, 1.54) is 19.2 Å². The minimum Gasteiger partial charge on any atom is -0.495 e. The van der Waals surface area contributed by atoms with Crippen molar-refractivity contribution >= 4 is 23.4 Å². The molecule has 140 valence electrons. The van der Waals surface area contributed by atoms with E-state index >= 15 is 0 Å². The molecule has 0 heterocycles. The number of ether oxygens (including phenoxy) is 1. The first-order valence-electron chi connectivity index (χ1n) is 8.79. The number of nitrogen functional groups attached to an aromatic ring is 1. The van der Waals surface area contributed by atoms with Crippen LogP contribution in [0.25, 0.3) is 6.08 Å². The Balaban J connectivity index is 1.88. The molecule has 0 radical (unpaired) electrons. The lowest BCUT2D eigenvalue weighted by Crippen LogP contribution is -2.39. The van der Waals surface area contributed by atoms with Crippen molar-refractivity contribution < 1.29 is 13.9 Å². The molecule has 0 unspecified atom stereocenters. The molecule has 27 heavy (non-hydrogen) atoms. The van der Waals surface area contributed by atoms with Gasteiger partial charge < -0.3 is 21.2 Å². The molecule has 5 nitrogen and oxygen atoms in total.